The maximum atomic E-state index is 13.2. The molecule has 0 spiro atoms. The summed E-state index contributed by atoms with van der Waals surface area (Å²) in [4.78, 5) is 0. The quantitative estimate of drug-likeness (QED) is 0.843. The molecule has 4 heteroatoms. The van der Waals surface area contributed by atoms with E-state index in [1.807, 2.05) is 13.8 Å². The van der Waals surface area contributed by atoms with E-state index in [2.05, 4.69) is 5.32 Å². The number of ether oxygens (including phenoxy) is 1. The fourth-order valence-corrected chi connectivity index (χ4v) is 1.85. The summed E-state index contributed by atoms with van der Waals surface area (Å²) in [7, 11) is 3.45. The maximum Gasteiger partial charge on any atom is 0.126 e. The summed E-state index contributed by atoms with van der Waals surface area (Å²) >= 11 is 0. The monoisotopic (exact) mass is 257 g/mol. The molecule has 0 aliphatic rings. The molecular formula is C14H21F2NO. The van der Waals surface area contributed by atoms with Crippen molar-refractivity contribution in [3.63, 3.8) is 0 Å². The second-order valence-corrected chi connectivity index (χ2v) is 5.05. The molecule has 0 heterocycles. The van der Waals surface area contributed by atoms with Gasteiger partial charge in [0.15, 0.2) is 0 Å². The van der Waals surface area contributed by atoms with Crippen molar-refractivity contribution in [3.05, 3.63) is 35.4 Å². The number of halogens is 2. The molecule has 0 saturated heterocycles. The lowest BCUT2D eigenvalue weighted by molar-refractivity contribution is 0.0118. The highest BCUT2D eigenvalue weighted by atomic mass is 19.1. The van der Waals surface area contributed by atoms with Crippen molar-refractivity contribution in [1.29, 1.82) is 0 Å². The minimum atomic E-state index is -0.545. The van der Waals surface area contributed by atoms with Crippen molar-refractivity contribution in [2.24, 2.45) is 0 Å². The van der Waals surface area contributed by atoms with Crippen LogP contribution in [0.3, 0.4) is 0 Å². The molecule has 0 amide bonds. The molecule has 0 fully saturated rings. The number of nitrogens with one attached hydrogen (secondary N) is 1. The van der Waals surface area contributed by atoms with Crippen LogP contribution in [0, 0.1) is 11.6 Å². The molecule has 1 atom stereocenters. The maximum absolute atomic E-state index is 13.2. The molecule has 0 saturated carbocycles. The van der Waals surface area contributed by atoms with Gasteiger partial charge >= 0.3 is 0 Å². The van der Waals surface area contributed by atoms with E-state index in [0.29, 0.717) is 5.56 Å². The second-order valence-electron chi connectivity index (χ2n) is 5.05. The molecule has 1 aromatic carbocycles. The zero-order chi connectivity index (χ0) is 13.8. The van der Waals surface area contributed by atoms with Gasteiger partial charge in [0.05, 0.1) is 5.60 Å². The largest absolute Gasteiger partial charge is 0.379 e. The van der Waals surface area contributed by atoms with Crippen molar-refractivity contribution in [3.8, 4) is 0 Å². The highest BCUT2D eigenvalue weighted by Crippen LogP contribution is 2.25. The standard InChI is InChI=1S/C14H21F2NO/c1-14(2,18-4)6-5-13(17-3)10-7-11(15)9-12(16)8-10/h7-9,13,17H,5-6H2,1-4H3. The third kappa shape index (κ3) is 4.35. The highest BCUT2D eigenvalue weighted by Gasteiger charge is 2.20. The lowest BCUT2D eigenvalue weighted by Gasteiger charge is -2.26. The van der Waals surface area contributed by atoms with Crippen LogP contribution in [0.2, 0.25) is 0 Å². The smallest absolute Gasteiger partial charge is 0.126 e. The van der Waals surface area contributed by atoms with Crippen LogP contribution in [0.5, 0.6) is 0 Å². The van der Waals surface area contributed by atoms with Crippen molar-refractivity contribution in [1.82, 2.24) is 5.32 Å². The van der Waals surface area contributed by atoms with Gasteiger partial charge in [0, 0.05) is 19.2 Å². The Morgan fingerprint density at radius 3 is 2.22 bits per heavy atom. The zero-order valence-electron chi connectivity index (χ0n) is 11.4. The fraction of sp³-hybridized carbons (Fsp3) is 0.571. The lowest BCUT2D eigenvalue weighted by Crippen LogP contribution is -2.26. The van der Waals surface area contributed by atoms with Gasteiger partial charge in [0.2, 0.25) is 0 Å². The number of hydrogen-bond acceptors (Lipinski definition) is 2. The Morgan fingerprint density at radius 1 is 1.22 bits per heavy atom. The summed E-state index contributed by atoms with van der Waals surface area (Å²) in [6.07, 6.45) is 1.55. The highest BCUT2D eigenvalue weighted by molar-refractivity contribution is 5.21. The van der Waals surface area contributed by atoms with E-state index in [4.69, 9.17) is 4.74 Å². The molecule has 0 aromatic heterocycles. The Kier molecular flexibility index (Phi) is 5.23. The predicted octanol–water partition coefficient (Wildman–Crippen LogP) is 3.43. The summed E-state index contributed by atoms with van der Waals surface area (Å²) in [5.41, 5.74) is 0.392. The molecular weight excluding hydrogens is 236 g/mol. The van der Waals surface area contributed by atoms with Crippen molar-refractivity contribution < 1.29 is 13.5 Å². The van der Waals surface area contributed by atoms with Gasteiger partial charge in [-0.15, -0.1) is 0 Å². The molecule has 0 aliphatic carbocycles. The van der Waals surface area contributed by atoms with Crippen LogP contribution in [0.25, 0.3) is 0 Å². The Hall–Kier alpha value is -1.00. The Bertz CT molecular complexity index is 373. The summed E-state index contributed by atoms with van der Waals surface area (Å²) in [6, 6.07) is 3.54. The number of hydrogen-bond donors (Lipinski definition) is 1. The van der Waals surface area contributed by atoms with E-state index < -0.39 is 11.6 Å². The Balaban J connectivity index is 2.77. The van der Waals surface area contributed by atoms with E-state index in [0.717, 1.165) is 18.9 Å². The van der Waals surface area contributed by atoms with Crippen LogP contribution >= 0.6 is 0 Å². The van der Waals surface area contributed by atoms with E-state index in [-0.39, 0.29) is 11.6 Å². The number of methoxy groups -OCH3 is 1. The van der Waals surface area contributed by atoms with E-state index in [9.17, 15) is 8.78 Å². The molecule has 0 aliphatic heterocycles. The third-order valence-corrected chi connectivity index (χ3v) is 3.22. The molecule has 18 heavy (non-hydrogen) atoms. The van der Waals surface area contributed by atoms with Gasteiger partial charge in [0.1, 0.15) is 11.6 Å². The number of benzene rings is 1. The van der Waals surface area contributed by atoms with Gasteiger partial charge in [-0.05, 0) is 51.4 Å². The molecule has 1 unspecified atom stereocenters. The third-order valence-electron chi connectivity index (χ3n) is 3.22. The minimum Gasteiger partial charge on any atom is -0.379 e. The van der Waals surface area contributed by atoms with Crippen molar-refractivity contribution in [2.75, 3.05) is 14.2 Å². The summed E-state index contributed by atoms with van der Waals surface area (Å²) in [5.74, 6) is -1.09. The summed E-state index contributed by atoms with van der Waals surface area (Å²) < 4.78 is 31.7. The van der Waals surface area contributed by atoms with Crippen LogP contribution in [-0.4, -0.2) is 19.8 Å². The van der Waals surface area contributed by atoms with Crippen LogP contribution < -0.4 is 5.32 Å². The number of rotatable bonds is 6. The zero-order valence-corrected chi connectivity index (χ0v) is 11.4. The van der Waals surface area contributed by atoms with Crippen LogP contribution in [0.15, 0.2) is 18.2 Å². The minimum absolute atomic E-state index is 0.0791. The Morgan fingerprint density at radius 2 is 1.78 bits per heavy atom. The summed E-state index contributed by atoms with van der Waals surface area (Å²) in [5, 5.41) is 3.08. The first-order valence-corrected chi connectivity index (χ1v) is 6.06. The molecule has 1 N–H and O–H groups in total. The topological polar surface area (TPSA) is 21.3 Å². The van der Waals surface area contributed by atoms with Gasteiger partial charge in [-0.25, -0.2) is 8.78 Å². The van der Waals surface area contributed by atoms with Gasteiger partial charge in [0.25, 0.3) is 0 Å². The second kappa shape index (κ2) is 6.25. The Labute approximate surface area is 107 Å². The van der Waals surface area contributed by atoms with Gasteiger partial charge in [-0.3, -0.25) is 0 Å². The van der Waals surface area contributed by atoms with Crippen LogP contribution in [0.4, 0.5) is 8.78 Å². The normalized spacial score (nSPS) is 13.7. The van der Waals surface area contributed by atoms with Crippen molar-refractivity contribution >= 4 is 0 Å². The first-order chi connectivity index (χ1) is 8.38. The average molecular weight is 257 g/mol. The molecule has 1 aromatic rings. The van der Waals surface area contributed by atoms with Gasteiger partial charge in [-0.2, -0.15) is 0 Å². The van der Waals surface area contributed by atoms with Crippen LogP contribution in [0.1, 0.15) is 38.3 Å². The fourth-order valence-electron chi connectivity index (χ4n) is 1.85. The molecule has 0 bridgehead atoms. The van der Waals surface area contributed by atoms with Crippen molar-refractivity contribution in [2.45, 2.75) is 38.3 Å². The molecule has 2 nitrogen and oxygen atoms in total. The van der Waals surface area contributed by atoms with Gasteiger partial charge < -0.3 is 10.1 Å². The lowest BCUT2D eigenvalue weighted by atomic mass is 9.95. The van der Waals surface area contributed by atoms with E-state index in [1.54, 1.807) is 14.2 Å². The SMILES string of the molecule is CNC(CCC(C)(C)OC)c1cc(F)cc(F)c1. The molecule has 102 valence electrons. The average Bonchev–Trinajstić information content (AvgIpc) is 2.28. The first-order valence-electron chi connectivity index (χ1n) is 6.06. The van der Waals surface area contributed by atoms with E-state index in [1.165, 1.54) is 12.1 Å². The van der Waals surface area contributed by atoms with E-state index >= 15 is 0 Å². The predicted molar refractivity (Wildman–Crippen MR) is 68.5 cm³/mol. The van der Waals surface area contributed by atoms with Crippen LogP contribution in [-0.2, 0) is 4.74 Å². The van der Waals surface area contributed by atoms with Gasteiger partial charge in [-0.1, -0.05) is 0 Å². The first kappa shape index (κ1) is 15.1. The molecule has 1 rings (SSSR count). The summed E-state index contributed by atoms with van der Waals surface area (Å²) in [6.45, 7) is 3.98. The molecule has 0 radical (unpaired) electrons.